The lowest BCUT2D eigenvalue weighted by molar-refractivity contribution is 0.103. The molecule has 1 heterocycles. The predicted molar refractivity (Wildman–Crippen MR) is 78.6 cm³/mol. The third-order valence-corrected chi connectivity index (χ3v) is 4.63. The first-order chi connectivity index (χ1) is 10.5. The highest BCUT2D eigenvalue weighted by molar-refractivity contribution is 9.10. The predicted octanol–water partition coefficient (Wildman–Crippen LogP) is 3.06. The van der Waals surface area contributed by atoms with E-state index < -0.39 is 28.4 Å². The Morgan fingerprint density at radius 3 is 2.82 bits per heavy atom. The van der Waals surface area contributed by atoms with Crippen LogP contribution in [0, 0.1) is 5.82 Å². The molecule has 3 rings (SSSR count). The Kier molecular flexibility index (Phi) is 4.24. The van der Waals surface area contributed by atoms with Crippen molar-refractivity contribution >= 4 is 32.8 Å². The fourth-order valence-corrected chi connectivity index (χ4v) is 3.16. The highest BCUT2D eigenvalue weighted by atomic mass is 79.9. The van der Waals surface area contributed by atoms with Gasteiger partial charge in [0.15, 0.2) is 11.5 Å². The molecule has 0 bridgehead atoms. The van der Waals surface area contributed by atoms with Crippen LogP contribution < -0.4 is 0 Å². The largest absolute Gasteiger partial charge is 0.772 e. The van der Waals surface area contributed by atoms with Gasteiger partial charge in [-0.3, -0.25) is 9.00 Å². The monoisotopic (exact) mass is 386 g/mol. The molecule has 2 aromatic rings. The van der Waals surface area contributed by atoms with Gasteiger partial charge in [0.1, 0.15) is 5.82 Å². The summed E-state index contributed by atoms with van der Waals surface area (Å²) in [4.78, 5) is 12.6. The van der Waals surface area contributed by atoms with Gasteiger partial charge in [-0.05, 0) is 40.9 Å². The van der Waals surface area contributed by atoms with Crippen molar-refractivity contribution < 1.29 is 22.5 Å². The standard InChI is InChI=1S/C14H11BrFNO4S/c15-11-4-3-8(10(12(11)16)6-22(19)20)13(18)9-5-17-21-14(9)7-1-2-7/h3-5,7H,1-2,6H2,(H,19,20)/p-1. The van der Waals surface area contributed by atoms with Crippen molar-refractivity contribution in [3.8, 4) is 0 Å². The van der Waals surface area contributed by atoms with Crippen LogP contribution in [0.2, 0.25) is 0 Å². The maximum atomic E-state index is 14.2. The van der Waals surface area contributed by atoms with E-state index in [-0.39, 0.29) is 27.1 Å². The van der Waals surface area contributed by atoms with Gasteiger partial charge in [-0.15, -0.1) is 0 Å². The highest BCUT2D eigenvalue weighted by Gasteiger charge is 2.33. The Bertz CT molecular complexity index is 772. The smallest absolute Gasteiger partial charge is 0.198 e. The molecule has 0 amide bonds. The van der Waals surface area contributed by atoms with Crippen molar-refractivity contribution in [2.24, 2.45) is 0 Å². The second kappa shape index (κ2) is 6.02. The zero-order valence-corrected chi connectivity index (χ0v) is 13.6. The molecule has 1 aromatic heterocycles. The topological polar surface area (TPSA) is 83.2 Å². The number of carbonyl (C=O) groups excluding carboxylic acids is 1. The summed E-state index contributed by atoms with van der Waals surface area (Å²) in [7, 11) is 0. The highest BCUT2D eigenvalue weighted by Crippen LogP contribution is 2.42. The Morgan fingerprint density at radius 2 is 2.18 bits per heavy atom. The van der Waals surface area contributed by atoms with Gasteiger partial charge in [0.2, 0.25) is 0 Å². The lowest BCUT2D eigenvalue weighted by Gasteiger charge is -2.12. The summed E-state index contributed by atoms with van der Waals surface area (Å²) in [6.45, 7) is 0. The Balaban J connectivity index is 2.06. The third-order valence-electron chi connectivity index (χ3n) is 3.49. The van der Waals surface area contributed by atoms with Crippen molar-refractivity contribution in [1.82, 2.24) is 5.16 Å². The van der Waals surface area contributed by atoms with Gasteiger partial charge < -0.3 is 9.08 Å². The van der Waals surface area contributed by atoms with Gasteiger partial charge in [0.05, 0.1) is 16.2 Å². The molecule has 22 heavy (non-hydrogen) atoms. The molecule has 0 aliphatic heterocycles. The number of hydrogen-bond donors (Lipinski definition) is 0. The minimum absolute atomic E-state index is 0.00926. The van der Waals surface area contributed by atoms with E-state index in [1.807, 2.05) is 0 Å². The summed E-state index contributed by atoms with van der Waals surface area (Å²) in [5.74, 6) is -1.15. The van der Waals surface area contributed by atoms with Crippen LogP contribution in [0.3, 0.4) is 0 Å². The molecule has 1 aromatic carbocycles. The van der Waals surface area contributed by atoms with E-state index in [4.69, 9.17) is 4.52 Å². The van der Waals surface area contributed by atoms with E-state index in [1.165, 1.54) is 18.3 Å². The quantitative estimate of drug-likeness (QED) is 0.582. The van der Waals surface area contributed by atoms with E-state index in [1.54, 1.807) is 0 Å². The van der Waals surface area contributed by atoms with E-state index in [0.29, 0.717) is 5.76 Å². The molecular weight excluding hydrogens is 377 g/mol. The number of benzene rings is 1. The van der Waals surface area contributed by atoms with Gasteiger partial charge in [-0.2, -0.15) is 0 Å². The maximum Gasteiger partial charge on any atom is 0.198 e. The second-order valence-electron chi connectivity index (χ2n) is 5.04. The van der Waals surface area contributed by atoms with E-state index in [9.17, 15) is 17.9 Å². The molecule has 1 atom stereocenters. The molecule has 0 radical (unpaired) electrons. The number of halogens is 2. The van der Waals surface area contributed by atoms with Gasteiger partial charge >= 0.3 is 0 Å². The first-order valence-corrected chi connectivity index (χ1v) is 8.54. The number of nitrogens with zero attached hydrogens (tertiary/aromatic N) is 1. The minimum atomic E-state index is -2.51. The van der Waals surface area contributed by atoms with Crippen LogP contribution >= 0.6 is 15.9 Å². The van der Waals surface area contributed by atoms with Crippen LogP contribution in [-0.4, -0.2) is 19.7 Å². The molecule has 1 saturated carbocycles. The normalized spacial score (nSPS) is 15.8. The molecule has 8 heteroatoms. The molecule has 1 fully saturated rings. The van der Waals surface area contributed by atoms with Crippen LogP contribution in [0.25, 0.3) is 0 Å². The number of rotatable bonds is 5. The fraction of sp³-hybridized carbons (Fsp3) is 0.286. The summed E-state index contributed by atoms with van der Waals surface area (Å²) >= 11 is 0.485. The first kappa shape index (κ1) is 15.5. The van der Waals surface area contributed by atoms with E-state index in [2.05, 4.69) is 21.1 Å². The SMILES string of the molecule is O=C(c1cnoc1C1CC1)c1ccc(Br)c(F)c1CS(=O)[O-]. The zero-order chi connectivity index (χ0) is 15.9. The average molecular weight is 387 g/mol. The summed E-state index contributed by atoms with van der Waals surface area (Å²) in [5, 5.41) is 3.64. The molecule has 1 unspecified atom stereocenters. The number of hydrogen-bond acceptors (Lipinski definition) is 5. The first-order valence-electron chi connectivity index (χ1n) is 6.51. The van der Waals surface area contributed by atoms with Crippen molar-refractivity contribution in [2.75, 3.05) is 0 Å². The van der Waals surface area contributed by atoms with Crippen molar-refractivity contribution in [2.45, 2.75) is 24.5 Å². The van der Waals surface area contributed by atoms with Gasteiger partial charge in [0, 0.05) is 22.8 Å². The molecule has 0 saturated heterocycles. The van der Waals surface area contributed by atoms with Gasteiger partial charge in [-0.1, -0.05) is 16.2 Å². The Labute approximate surface area is 136 Å². The van der Waals surface area contributed by atoms with Crippen LogP contribution in [0.5, 0.6) is 0 Å². The summed E-state index contributed by atoms with van der Waals surface area (Å²) in [6.07, 6.45) is 3.14. The molecule has 116 valence electrons. The van der Waals surface area contributed by atoms with Crippen molar-refractivity contribution in [3.63, 3.8) is 0 Å². The van der Waals surface area contributed by atoms with Crippen LogP contribution in [0.15, 0.2) is 27.3 Å². The van der Waals surface area contributed by atoms with E-state index in [0.717, 1.165) is 12.8 Å². The average Bonchev–Trinajstić information content (AvgIpc) is 3.20. The molecular formula is C14H10BrFNO4S-. The van der Waals surface area contributed by atoms with Crippen LogP contribution in [-0.2, 0) is 16.8 Å². The fourth-order valence-electron chi connectivity index (χ4n) is 2.27. The number of carbonyl (C=O) groups is 1. The molecule has 0 N–H and O–H groups in total. The van der Waals surface area contributed by atoms with Crippen molar-refractivity contribution in [1.29, 1.82) is 0 Å². The molecule has 0 spiro atoms. The minimum Gasteiger partial charge on any atom is -0.772 e. The molecule has 1 aliphatic rings. The lowest BCUT2D eigenvalue weighted by Crippen LogP contribution is -2.10. The maximum absolute atomic E-state index is 14.2. The van der Waals surface area contributed by atoms with Crippen molar-refractivity contribution in [3.05, 3.63) is 51.1 Å². The third kappa shape index (κ3) is 2.90. The van der Waals surface area contributed by atoms with Crippen LogP contribution in [0.1, 0.15) is 46.0 Å². The summed E-state index contributed by atoms with van der Waals surface area (Å²) in [5.41, 5.74) is 0.118. The van der Waals surface area contributed by atoms with Crippen LogP contribution in [0.4, 0.5) is 4.39 Å². The zero-order valence-electron chi connectivity index (χ0n) is 11.2. The van der Waals surface area contributed by atoms with Gasteiger partial charge in [-0.25, -0.2) is 4.39 Å². The second-order valence-corrected chi connectivity index (χ2v) is 6.79. The summed E-state index contributed by atoms with van der Waals surface area (Å²) < 4.78 is 41.3. The Hall–Kier alpha value is -1.38. The lowest BCUT2D eigenvalue weighted by atomic mass is 9.98. The van der Waals surface area contributed by atoms with E-state index >= 15 is 0 Å². The molecule has 1 aliphatic carbocycles. The molecule has 5 nitrogen and oxygen atoms in total. The number of aromatic nitrogens is 1. The number of ketones is 1. The Morgan fingerprint density at radius 1 is 1.45 bits per heavy atom. The summed E-state index contributed by atoms with van der Waals surface area (Å²) in [6, 6.07) is 2.78. The van der Waals surface area contributed by atoms with Gasteiger partial charge in [0.25, 0.3) is 0 Å².